The van der Waals surface area contributed by atoms with Gasteiger partial charge in [-0.2, -0.15) is 0 Å². The van der Waals surface area contributed by atoms with Crippen molar-refractivity contribution in [2.75, 3.05) is 6.54 Å². The number of halogens is 1. The monoisotopic (exact) mass is 390 g/mol. The van der Waals surface area contributed by atoms with Crippen LogP contribution in [0.15, 0.2) is 30.0 Å². The Bertz CT molecular complexity index is 732. The molecule has 6 heteroatoms. The van der Waals surface area contributed by atoms with E-state index in [-0.39, 0.29) is 35.6 Å². The van der Waals surface area contributed by atoms with E-state index in [0.29, 0.717) is 23.9 Å². The normalized spacial score (nSPS) is 26.3. The predicted octanol–water partition coefficient (Wildman–Crippen LogP) is 3.53. The maximum absolute atomic E-state index is 12.4. The molecule has 2 amide bonds. The van der Waals surface area contributed by atoms with E-state index >= 15 is 0 Å². The van der Waals surface area contributed by atoms with Crippen molar-refractivity contribution in [3.8, 4) is 0 Å². The van der Waals surface area contributed by atoms with E-state index < -0.39 is 0 Å². The smallest absolute Gasteiger partial charge is 0.286 e. The molecule has 3 atom stereocenters. The van der Waals surface area contributed by atoms with Crippen LogP contribution in [0.3, 0.4) is 0 Å². The van der Waals surface area contributed by atoms with Crippen molar-refractivity contribution in [2.24, 2.45) is 11.8 Å². The average molecular weight is 391 g/mol. The highest BCUT2D eigenvalue weighted by Gasteiger charge is 2.40. The highest BCUT2D eigenvalue weighted by Crippen LogP contribution is 2.32. The Morgan fingerprint density at radius 1 is 1.37 bits per heavy atom. The molecule has 2 fully saturated rings. The quantitative estimate of drug-likeness (QED) is 0.756. The zero-order valence-electron chi connectivity index (χ0n) is 15.8. The molecule has 1 aliphatic heterocycles. The van der Waals surface area contributed by atoms with E-state index in [1.165, 1.54) is 0 Å². The van der Waals surface area contributed by atoms with E-state index in [0.717, 1.165) is 24.8 Å². The number of carbonyl (C=O) groups is 2. The first-order valence-electron chi connectivity index (χ1n) is 9.65. The molecule has 1 heterocycles. The zero-order chi connectivity index (χ0) is 19.4. The molecular formula is C21H27ClN2O3. The van der Waals surface area contributed by atoms with Crippen LogP contribution in [0.1, 0.15) is 45.1 Å². The molecule has 1 aliphatic carbocycles. The second-order valence-electron chi connectivity index (χ2n) is 7.75. The summed E-state index contributed by atoms with van der Waals surface area (Å²) in [5.41, 5.74) is 0.751. The van der Waals surface area contributed by atoms with Crippen molar-refractivity contribution in [2.45, 2.75) is 51.7 Å². The minimum Gasteiger partial charge on any atom is -0.483 e. The maximum Gasteiger partial charge on any atom is 0.286 e. The van der Waals surface area contributed by atoms with Crippen LogP contribution in [-0.4, -0.2) is 30.5 Å². The van der Waals surface area contributed by atoms with Crippen LogP contribution in [0.2, 0.25) is 5.02 Å². The second kappa shape index (κ2) is 8.79. The minimum atomic E-state index is -0.253. The fourth-order valence-corrected chi connectivity index (χ4v) is 3.78. The van der Waals surface area contributed by atoms with Gasteiger partial charge >= 0.3 is 0 Å². The third kappa shape index (κ3) is 5.04. The lowest BCUT2D eigenvalue weighted by molar-refractivity contribution is -0.134. The summed E-state index contributed by atoms with van der Waals surface area (Å²) >= 11 is 6.17. The van der Waals surface area contributed by atoms with Crippen molar-refractivity contribution in [1.82, 2.24) is 10.6 Å². The molecule has 3 rings (SSSR count). The van der Waals surface area contributed by atoms with Crippen molar-refractivity contribution < 1.29 is 14.3 Å². The number of hydrogen-bond donors (Lipinski definition) is 2. The Balaban J connectivity index is 1.60. The first-order valence-corrected chi connectivity index (χ1v) is 10.0. The van der Waals surface area contributed by atoms with Gasteiger partial charge in [0.2, 0.25) is 5.91 Å². The van der Waals surface area contributed by atoms with Gasteiger partial charge in [-0.15, -0.1) is 0 Å². The molecule has 3 unspecified atom stereocenters. The number of fused-ring (bicyclic) bond motifs is 1. The molecule has 146 valence electrons. The van der Waals surface area contributed by atoms with Gasteiger partial charge in [0.1, 0.15) is 6.10 Å². The summed E-state index contributed by atoms with van der Waals surface area (Å²) in [7, 11) is 0. The Morgan fingerprint density at radius 3 is 2.89 bits per heavy atom. The standard InChI is InChI=1S/C21H27ClN2O3/c1-13(2)9-10-23-20(25)15-7-8-18-17(11-15)24-21(26)19(27-18)12-14-5-3-4-6-16(14)22/h3-6,12-13,15,17-18H,7-11H2,1-2H3,(H,23,25)(H,24,26)/b19-12-. The summed E-state index contributed by atoms with van der Waals surface area (Å²) in [5.74, 6) is 0.605. The molecule has 1 saturated heterocycles. The van der Waals surface area contributed by atoms with Gasteiger partial charge in [0.05, 0.1) is 6.04 Å². The van der Waals surface area contributed by atoms with Crippen LogP contribution < -0.4 is 10.6 Å². The number of benzene rings is 1. The van der Waals surface area contributed by atoms with Gasteiger partial charge in [-0.3, -0.25) is 9.59 Å². The number of nitrogens with one attached hydrogen (secondary N) is 2. The Morgan fingerprint density at radius 2 is 2.15 bits per heavy atom. The number of hydrogen-bond acceptors (Lipinski definition) is 3. The Kier molecular flexibility index (Phi) is 6.42. The highest BCUT2D eigenvalue weighted by molar-refractivity contribution is 6.32. The van der Waals surface area contributed by atoms with Crippen molar-refractivity contribution in [3.63, 3.8) is 0 Å². The predicted molar refractivity (Wildman–Crippen MR) is 106 cm³/mol. The number of carbonyl (C=O) groups excluding carboxylic acids is 2. The van der Waals surface area contributed by atoms with Gasteiger partial charge in [-0.25, -0.2) is 0 Å². The fraction of sp³-hybridized carbons (Fsp3) is 0.524. The maximum atomic E-state index is 12.4. The van der Waals surface area contributed by atoms with Gasteiger partial charge < -0.3 is 15.4 Å². The topological polar surface area (TPSA) is 67.4 Å². The number of morpholine rings is 1. The van der Waals surface area contributed by atoms with E-state index in [1.54, 1.807) is 12.1 Å². The summed E-state index contributed by atoms with van der Waals surface area (Å²) in [6.45, 7) is 4.98. The van der Waals surface area contributed by atoms with Crippen molar-refractivity contribution in [3.05, 3.63) is 40.6 Å². The van der Waals surface area contributed by atoms with Gasteiger partial charge in [0.25, 0.3) is 5.91 Å². The number of amides is 2. The summed E-state index contributed by atoms with van der Waals surface area (Å²) in [4.78, 5) is 24.8. The largest absolute Gasteiger partial charge is 0.483 e. The molecule has 0 radical (unpaired) electrons. The molecule has 0 aromatic heterocycles. The van der Waals surface area contributed by atoms with Crippen LogP contribution in [0.25, 0.3) is 6.08 Å². The third-order valence-electron chi connectivity index (χ3n) is 5.19. The van der Waals surface area contributed by atoms with Crippen molar-refractivity contribution in [1.29, 1.82) is 0 Å². The molecule has 0 bridgehead atoms. The molecular weight excluding hydrogens is 364 g/mol. The molecule has 2 N–H and O–H groups in total. The van der Waals surface area contributed by atoms with Gasteiger partial charge in [-0.1, -0.05) is 43.6 Å². The molecule has 5 nitrogen and oxygen atoms in total. The average Bonchev–Trinajstić information content (AvgIpc) is 2.63. The van der Waals surface area contributed by atoms with Gasteiger partial charge in [0, 0.05) is 17.5 Å². The molecule has 2 aliphatic rings. The zero-order valence-corrected chi connectivity index (χ0v) is 16.6. The molecule has 1 aromatic rings. The Hall–Kier alpha value is -2.01. The summed E-state index contributed by atoms with van der Waals surface area (Å²) < 4.78 is 5.96. The lowest BCUT2D eigenvalue weighted by Gasteiger charge is -2.39. The SMILES string of the molecule is CC(C)CCNC(=O)C1CCC2O/C(=C\c3ccccc3Cl)C(=O)NC2C1. The molecule has 0 spiro atoms. The fourth-order valence-electron chi connectivity index (χ4n) is 3.59. The number of rotatable bonds is 5. The molecule has 27 heavy (non-hydrogen) atoms. The highest BCUT2D eigenvalue weighted by atomic mass is 35.5. The molecule has 1 saturated carbocycles. The first kappa shape index (κ1) is 19.7. The second-order valence-corrected chi connectivity index (χ2v) is 8.16. The number of ether oxygens (including phenoxy) is 1. The summed E-state index contributed by atoms with van der Waals surface area (Å²) in [6, 6.07) is 7.20. The minimum absolute atomic E-state index is 0.0728. The van der Waals surface area contributed by atoms with E-state index in [4.69, 9.17) is 16.3 Å². The first-order chi connectivity index (χ1) is 12.9. The van der Waals surface area contributed by atoms with Crippen LogP contribution in [-0.2, 0) is 14.3 Å². The van der Waals surface area contributed by atoms with Crippen LogP contribution >= 0.6 is 11.6 Å². The summed E-state index contributed by atoms with van der Waals surface area (Å²) in [5, 5.41) is 6.61. The lowest BCUT2D eigenvalue weighted by Crippen LogP contribution is -2.54. The molecule has 1 aromatic carbocycles. The van der Waals surface area contributed by atoms with Crippen LogP contribution in [0.5, 0.6) is 0 Å². The van der Waals surface area contributed by atoms with E-state index in [2.05, 4.69) is 24.5 Å². The van der Waals surface area contributed by atoms with Crippen molar-refractivity contribution >= 4 is 29.5 Å². The van der Waals surface area contributed by atoms with Crippen LogP contribution in [0, 0.1) is 11.8 Å². The lowest BCUT2D eigenvalue weighted by atomic mass is 9.82. The third-order valence-corrected chi connectivity index (χ3v) is 5.53. The van der Waals surface area contributed by atoms with Crippen LogP contribution in [0.4, 0.5) is 0 Å². The van der Waals surface area contributed by atoms with Gasteiger partial charge in [0.15, 0.2) is 5.76 Å². The Labute approximate surface area is 165 Å². The van der Waals surface area contributed by atoms with Gasteiger partial charge in [-0.05, 0) is 49.3 Å². The van der Waals surface area contributed by atoms with E-state index in [9.17, 15) is 9.59 Å². The van der Waals surface area contributed by atoms with E-state index in [1.807, 2.05) is 18.2 Å². The summed E-state index contributed by atoms with van der Waals surface area (Å²) in [6.07, 6.45) is 4.68.